The molecule has 2 fully saturated rings. The lowest BCUT2D eigenvalue weighted by atomic mass is 10.0. The maximum atomic E-state index is 12.0. The van der Waals surface area contributed by atoms with E-state index >= 15 is 0 Å². The van der Waals surface area contributed by atoms with E-state index in [9.17, 15) is 9.90 Å². The molecule has 17 heavy (non-hydrogen) atoms. The summed E-state index contributed by atoms with van der Waals surface area (Å²) in [5.41, 5.74) is 0.00506. The summed E-state index contributed by atoms with van der Waals surface area (Å²) in [5, 5.41) is 10.0. The molecule has 94 valence electrons. The number of nitrogens with zero attached hydrogens (tertiary/aromatic N) is 2. The molecule has 5 heteroatoms. The molecule has 0 amide bonds. The van der Waals surface area contributed by atoms with Crippen molar-refractivity contribution in [3.05, 3.63) is 22.9 Å². The average molecular weight is 238 g/mol. The maximum absolute atomic E-state index is 12.0. The Balaban J connectivity index is 1.69. The van der Waals surface area contributed by atoms with Gasteiger partial charge in [-0.1, -0.05) is 0 Å². The van der Waals surface area contributed by atoms with Crippen molar-refractivity contribution in [2.24, 2.45) is 5.92 Å². The number of hydrogen-bond donors (Lipinski definition) is 1. The van der Waals surface area contributed by atoms with Crippen molar-refractivity contribution in [3.63, 3.8) is 0 Å². The standard InChI is InChI=1S/C12H18N2O3/c15-11(9-3-6-17-8-9)7-13-4-5-14(12(13)16)10-1-2-10/h4-5,9-11,15H,1-3,6-8H2. The molecule has 0 aromatic carbocycles. The van der Waals surface area contributed by atoms with Crippen LogP contribution in [0.3, 0.4) is 0 Å². The van der Waals surface area contributed by atoms with E-state index in [1.54, 1.807) is 15.3 Å². The topological polar surface area (TPSA) is 56.4 Å². The zero-order valence-corrected chi connectivity index (χ0v) is 9.79. The Morgan fingerprint density at radius 3 is 2.88 bits per heavy atom. The van der Waals surface area contributed by atoms with Crippen LogP contribution in [0, 0.1) is 5.92 Å². The van der Waals surface area contributed by atoms with E-state index < -0.39 is 6.10 Å². The van der Waals surface area contributed by atoms with E-state index in [1.165, 1.54) is 0 Å². The van der Waals surface area contributed by atoms with Crippen LogP contribution in [-0.2, 0) is 11.3 Å². The van der Waals surface area contributed by atoms with Crippen LogP contribution in [-0.4, -0.2) is 33.6 Å². The van der Waals surface area contributed by atoms with Gasteiger partial charge in [-0.3, -0.25) is 9.13 Å². The Morgan fingerprint density at radius 1 is 1.41 bits per heavy atom. The lowest BCUT2D eigenvalue weighted by Gasteiger charge is -2.16. The summed E-state index contributed by atoms with van der Waals surface area (Å²) in [7, 11) is 0. The molecule has 1 saturated heterocycles. The molecule has 1 saturated carbocycles. The Kier molecular flexibility index (Phi) is 2.80. The third kappa shape index (κ3) is 2.17. The van der Waals surface area contributed by atoms with Gasteiger partial charge < -0.3 is 9.84 Å². The minimum Gasteiger partial charge on any atom is -0.391 e. The molecular formula is C12H18N2O3. The van der Waals surface area contributed by atoms with Crippen LogP contribution < -0.4 is 5.69 Å². The fraction of sp³-hybridized carbons (Fsp3) is 0.750. The van der Waals surface area contributed by atoms with E-state index in [-0.39, 0.29) is 11.6 Å². The van der Waals surface area contributed by atoms with Gasteiger partial charge in [-0.15, -0.1) is 0 Å². The van der Waals surface area contributed by atoms with Crippen molar-refractivity contribution in [2.75, 3.05) is 13.2 Å². The van der Waals surface area contributed by atoms with Gasteiger partial charge in [0.25, 0.3) is 0 Å². The molecule has 2 atom stereocenters. The number of ether oxygens (including phenoxy) is 1. The number of rotatable bonds is 4. The fourth-order valence-corrected chi connectivity index (χ4v) is 2.40. The van der Waals surface area contributed by atoms with Crippen LogP contribution in [0.4, 0.5) is 0 Å². The summed E-state index contributed by atoms with van der Waals surface area (Å²) in [6.07, 6.45) is 6.22. The predicted molar refractivity (Wildman–Crippen MR) is 61.9 cm³/mol. The smallest absolute Gasteiger partial charge is 0.328 e. The molecule has 1 N–H and O–H groups in total. The summed E-state index contributed by atoms with van der Waals surface area (Å²) in [6, 6.07) is 0.399. The van der Waals surface area contributed by atoms with Crippen LogP contribution in [0.1, 0.15) is 25.3 Å². The second-order valence-corrected chi connectivity index (χ2v) is 5.06. The summed E-state index contributed by atoms with van der Waals surface area (Å²) >= 11 is 0. The van der Waals surface area contributed by atoms with Crippen molar-refractivity contribution in [1.29, 1.82) is 0 Å². The van der Waals surface area contributed by atoms with E-state index in [4.69, 9.17) is 4.74 Å². The molecule has 1 aromatic heterocycles. The first-order valence-electron chi connectivity index (χ1n) is 6.29. The van der Waals surface area contributed by atoms with E-state index in [1.807, 2.05) is 6.20 Å². The normalized spacial score (nSPS) is 26.3. The lowest BCUT2D eigenvalue weighted by Crippen LogP contribution is -2.32. The van der Waals surface area contributed by atoms with Crippen molar-refractivity contribution in [3.8, 4) is 0 Å². The number of aliphatic hydroxyl groups excluding tert-OH is 1. The minimum atomic E-state index is -0.481. The Hall–Kier alpha value is -1.07. The van der Waals surface area contributed by atoms with E-state index in [0.717, 1.165) is 25.9 Å². The molecule has 5 nitrogen and oxygen atoms in total. The van der Waals surface area contributed by atoms with Gasteiger partial charge in [0.1, 0.15) is 0 Å². The van der Waals surface area contributed by atoms with Gasteiger partial charge in [0.2, 0.25) is 0 Å². The first-order chi connectivity index (χ1) is 8.25. The third-order valence-corrected chi connectivity index (χ3v) is 3.71. The molecular weight excluding hydrogens is 220 g/mol. The lowest BCUT2D eigenvalue weighted by molar-refractivity contribution is 0.0768. The number of aliphatic hydroxyl groups is 1. The summed E-state index contributed by atoms with van der Waals surface area (Å²) in [6.45, 7) is 1.71. The highest BCUT2D eigenvalue weighted by Gasteiger charge is 2.27. The average Bonchev–Trinajstić information content (AvgIpc) is 2.89. The van der Waals surface area contributed by atoms with Gasteiger partial charge in [0.15, 0.2) is 0 Å². The van der Waals surface area contributed by atoms with Crippen LogP contribution in [0.5, 0.6) is 0 Å². The van der Waals surface area contributed by atoms with Crippen molar-refractivity contribution in [2.45, 2.75) is 38.0 Å². The Bertz CT molecular complexity index is 441. The van der Waals surface area contributed by atoms with Gasteiger partial charge in [0.05, 0.1) is 19.3 Å². The van der Waals surface area contributed by atoms with Crippen molar-refractivity contribution < 1.29 is 9.84 Å². The summed E-state index contributed by atoms with van der Waals surface area (Å²) in [4.78, 5) is 12.0. The van der Waals surface area contributed by atoms with Crippen molar-refractivity contribution >= 4 is 0 Å². The first kappa shape index (κ1) is 11.0. The number of aromatic nitrogens is 2. The van der Waals surface area contributed by atoms with Crippen LogP contribution in [0.15, 0.2) is 17.2 Å². The number of imidazole rings is 1. The second kappa shape index (κ2) is 4.31. The molecule has 0 radical (unpaired) electrons. The largest absolute Gasteiger partial charge is 0.391 e. The van der Waals surface area contributed by atoms with Crippen LogP contribution in [0.25, 0.3) is 0 Å². The second-order valence-electron chi connectivity index (χ2n) is 5.06. The molecule has 1 aliphatic heterocycles. The molecule has 2 heterocycles. The van der Waals surface area contributed by atoms with Crippen LogP contribution in [0.2, 0.25) is 0 Å². The molecule has 0 spiro atoms. The van der Waals surface area contributed by atoms with E-state index in [0.29, 0.717) is 19.2 Å². The molecule has 2 unspecified atom stereocenters. The highest BCUT2D eigenvalue weighted by molar-refractivity contribution is 4.92. The van der Waals surface area contributed by atoms with Gasteiger partial charge in [-0.2, -0.15) is 0 Å². The van der Waals surface area contributed by atoms with Crippen LogP contribution >= 0.6 is 0 Å². The maximum Gasteiger partial charge on any atom is 0.328 e. The zero-order valence-electron chi connectivity index (χ0n) is 9.79. The zero-order chi connectivity index (χ0) is 11.8. The number of hydrogen-bond acceptors (Lipinski definition) is 3. The monoisotopic (exact) mass is 238 g/mol. The molecule has 2 aliphatic rings. The van der Waals surface area contributed by atoms with Gasteiger partial charge in [-0.05, 0) is 19.3 Å². The third-order valence-electron chi connectivity index (χ3n) is 3.71. The molecule has 3 rings (SSSR count). The molecule has 1 aromatic rings. The first-order valence-corrected chi connectivity index (χ1v) is 6.29. The predicted octanol–water partition coefficient (Wildman–Crippen LogP) is 0.382. The SMILES string of the molecule is O=c1n(CC(O)C2CCOC2)ccn1C1CC1. The Labute approximate surface area is 99.6 Å². The highest BCUT2D eigenvalue weighted by Crippen LogP contribution is 2.33. The van der Waals surface area contributed by atoms with Gasteiger partial charge in [0, 0.05) is 31.0 Å². The fourth-order valence-electron chi connectivity index (χ4n) is 2.40. The van der Waals surface area contributed by atoms with Crippen molar-refractivity contribution in [1.82, 2.24) is 9.13 Å². The summed E-state index contributed by atoms with van der Waals surface area (Å²) in [5.74, 6) is 0.172. The molecule has 1 aliphatic carbocycles. The summed E-state index contributed by atoms with van der Waals surface area (Å²) < 4.78 is 8.64. The molecule has 0 bridgehead atoms. The van der Waals surface area contributed by atoms with Gasteiger partial charge in [-0.25, -0.2) is 4.79 Å². The Morgan fingerprint density at radius 2 is 2.24 bits per heavy atom. The quantitative estimate of drug-likeness (QED) is 0.825. The highest BCUT2D eigenvalue weighted by atomic mass is 16.5. The van der Waals surface area contributed by atoms with E-state index in [2.05, 4.69) is 0 Å². The minimum absolute atomic E-state index is 0.00506. The van der Waals surface area contributed by atoms with Gasteiger partial charge >= 0.3 is 5.69 Å².